The molecule has 3 nitrogen and oxygen atoms in total. The van der Waals surface area contributed by atoms with Crippen molar-refractivity contribution in [2.75, 3.05) is 6.61 Å². The second kappa shape index (κ2) is 7.07. The van der Waals surface area contributed by atoms with Crippen LogP contribution in [0, 0.1) is 0 Å². The smallest absolute Gasteiger partial charge is 0.164 e. The van der Waals surface area contributed by atoms with Crippen LogP contribution in [0.15, 0.2) is 24.3 Å². The van der Waals surface area contributed by atoms with Crippen molar-refractivity contribution in [2.24, 2.45) is 5.73 Å². The first-order valence-electron chi connectivity index (χ1n) is 6.19. The highest BCUT2D eigenvalue weighted by molar-refractivity contribution is 5.96. The molecule has 0 radical (unpaired) electrons. The van der Waals surface area contributed by atoms with Crippen LogP contribution in [0.25, 0.3) is 0 Å². The fraction of sp³-hybridized carbons (Fsp3) is 0.500. The van der Waals surface area contributed by atoms with E-state index in [1.54, 1.807) is 6.07 Å². The van der Waals surface area contributed by atoms with Gasteiger partial charge >= 0.3 is 0 Å². The van der Waals surface area contributed by atoms with Gasteiger partial charge in [0.2, 0.25) is 0 Å². The Hall–Kier alpha value is -1.35. The molecule has 0 bridgehead atoms. The summed E-state index contributed by atoms with van der Waals surface area (Å²) in [6.07, 6.45) is 2.30. The van der Waals surface area contributed by atoms with Crippen LogP contribution in [0.4, 0.5) is 0 Å². The lowest BCUT2D eigenvalue weighted by atomic mass is 10.0. The second-order valence-corrected chi connectivity index (χ2v) is 4.14. The Morgan fingerprint density at radius 1 is 1.41 bits per heavy atom. The zero-order valence-electron chi connectivity index (χ0n) is 10.6. The summed E-state index contributed by atoms with van der Waals surface area (Å²) in [5, 5.41) is 0. The second-order valence-electron chi connectivity index (χ2n) is 4.14. The average Bonchev–Trinajstić information content (AvgIpc) is 2.30. The third-order valence-corrected chi connectivity index (χ3v) is 2.57. The van der Waals surface area contributed by atoms with Gasteiger partial charge in [0, 0.05) is 18.0 Å². The molecule has 1 rings (SSSR count). The Morgan fingerprint density at radius 2 is 2.18 bits per heavy atom. The predicted octanol–water partition coefficient (Wildman–Crippen LogP) is 2.79. The van der Waals surface area contributed by atoms with Gasteiger partial charge < -0.3 is 10.5 Å². The van der Waals surface area contributed by atoms with E-state index in [-0.39, 0.29) is 11.8 Å². The SMILES string of the molecule is CCCC(N)CC(=O)c1cccc(OCC)c1. The van der Waals surface area contributed by atoms with E-state index in [2.05, 4.69) is 6.92 Å². The Balaban J connectivity index is 2.65. The highest BCUT2D eigenvalue weighted by atomic mass is 16.5. The van der Waals surface area contributed by atoms with Gasteiger partial charge in [0.1, 0.15) is 5.75 Å². The van der Waals surface area contributed by atoms with Crippen LogP contribution >= 0.6 is 0 Å². The van der Waals surface area contributed by atoms with Gasteiger partial charge in [-0.05, 0) is 25.5 Å². The molecule has 17 heavy (non-hydrogen) atoms. The fourth-order valence-electron chi connectivity index (χ4n) is 1.75. The van der Waals surface area contributed by atoms with E-state index in [0.717, 1.165) is 18.6 Å². The van der Waals surface area contributed by atoms with Crippen LogP contribution in [-0.2, 0) is 0 Å². The molecule has 0 aromatic heterocycles. The minimum Gasteiger partial charge on any atom is -0.494 e. The highest BCUT2D eigenvalue weighted by Gasteiger charge is 2.11. The Kier molecular flexibility index (Phi) is 5.70. The summed E-state index contributed by atoms with van der Waals surface area (Å²) in [5.74, 6) is 0.829. The number of Topliss-reactive ketones (excluding diaryl/α,β-unsaturated/α-hetero) is 1. The minimum atomic E-state index is -0.0387. The highest BCUT2D eigenvalue weighted by Crippen LogP contribution is 2.15. The number of hydrogen-bond acceptors (Lipinski definition) is 3. The summed E-state index contributed by atoms with van der Waals surface area (Å²) in [4.78, 5) is 12.0. The number of ketones is 1. The monoisotopic (exact) mass is 235 g/mol. The zero-order chi connectivity index (χ0) is 12.7. The van der Waals surface area contributed by atoms with Crippen molar-refractivity contribution in [3.05, 3.63) is 29.8 Å². The first-order valence-corrected chi connectivity index (χ1v) is 6.19. The first-order chi connectivity index (χ1) is 8.17. The molecule has 1 atom stereocenters. The molecule has 2 N–H and O–H groups in total. The van der Waals surface area contributed by atoms with Gasteiger partial charge in [-0.3, -0.25) is 4.79 Å². The van der Waals surface area contributed by atoms with Crippen molar-refractivity contribution >= 4 is 5.78 Å². The van der Waals surface area contributed by atoms with Crippen LogP contribution in [0.2, 0.25) is 0 Å². The number of rotatable bonds is 7. The number of nitrogens with two attached hydrogens (primary N) is 1. The molecule has 0 heterocycles. The van der Waals surface area contributed by atoms with E-state index in [4.69, 9.17) is 10.5 Å². The summed E-state index contributed by atoms with van der Waals surface area (Å²) < 4.78 is 5.37. The third kappa shape index (κ3) is 4.57. The van der Waals surface area contributed by atoms with E-state index in [1.165, 1.54) is 0 Å². The number of hydrogen-bond donors (Lipinski definition) is 1. The summed E-state index contributed by atoms with van der Waals surface area (Å²) >= 11 is 0. The van der Waals surface area contributed by atoms with Crippen LogP contribution in [0.1, 0.15) is 43.5 Å². The van der Waals surface area contributed by atoms with E-state index in [9.17, 15) is 4.79 Å². The van der Waals surface area contributed by atoms with Crippen molar-refractivity contribution in [1.82, 2.24) is 0 Å². The van der Waals surface area contributed by atoms with E-state index < -0.39 is 0 Å². The van der Waals surface area contributed by atoms with E-state index >= 15 is 0 Å². The Labute approximate surface area is 103 Å². The average molecular weight is 235 g/mol. The van der Waals surface area contributed by atoms with Crippen LogP contribution in [0.5, 0.6) is 5.75 Å². The third-order valence-electron chi connectivity index (χ3n) is 2.57. The number of ether oxygens (including phenoxy) is 1. The largest absolute Gasteiger partial charge is 0.494 e. The molecule has 0 aliphatic carbocycles. The van der Waals surface area contributed by atoms with Crippen molar-refractivity contribution < 1.29 is 9.53 Å². The maximum atomic E-state index is 12.0. The van der Waals surface area contributed by atoms with Gasteiger partial charge in [0.15, 0.2) is 5.78 Å². The lowest BCUT2D eigenvalue weighted by molar-refractivity contribution is 0.0973. The molecule has 0 spiro atoms. The van der Waals surface area contributed by atoms with Gasteiger partial charge in [-0.25, -0.2) is 0 Å². The predicted molar refractivity (Wildman–Crippen MR) is 69.4 cm³/mol. The summed E-state index contributed by atoms with van der Waals surface area (Å²) in [5.41, 5.74) is 6.55. The van der Waals surface area contributed by atoms with Crippen molar-refractivity contribution in [3.8, 4) is 5.75 Å². The van der Waals surface area contributed by atoms with Crippen LogP contribution < -0.4 is 10.5 Å². The van der Waals surface area contributed by atoms with Gasteiger partial charge in [0.05, 0.1) is 6.61 Å². The molecule has 1 aromatic rings. The number of carbonyl (C=O) groups excluding carboxylic acids is 1. The van der Waals surface area contributed by atoms with E-state index in [0.29, 0.717) is 18.6 Å². The van der Waals surface area contributed by atoms with Gasteiger partial charge in [-0.2, -0.15) is 0 Å². The quantitative estimate of drug-likeness (QED) is 0.739. The molecular weight excluding hydrogens is 214 g/mol. The van der Waals surface area contributed by atoms with Crippen molar-refractivity contribution in [3.63, 3.8) is 0 Å². The molecule has 94 valence electrons. The molecule has 3 heteroatoms. The lowest BCUT2D eigenvalue weighted by Crippen LogP contribution is -2.23. The van der Waals surface area contributed by atoms with Crippen molar-refractivity contribution in [1.29, 1.82) is 0 Å². The first kappa shape index (κ1) is 13.7. The van der Waals surface area contributed by atoms with E-state index in [1.807, 2.05) is 25.1 Å². The maximum Gasteiger partial charge on any atom is 0.164 e. The zero-order valence-corrected chi connectivity index (χ0v) is 10.6. The molecule has 0 fully saturated rings. The molecule has 1 unspecified atom stereocenters. The number of benzene rings is 1. The lowest BCUT2D eigenvalue weighted by Gasteiger charge is -2.10. The fourth-order valence-corrected chi connectivity index (χ4v) is 1.75. The Morgan fingerprint density at radius 3 is 2.82 bits per heavy atom. The van der Waals surface area contributed by atoms with Gasteiger partial charge in [-0.15, -0.1) is 0 Å². The molecule has 1 aromatic carbocycles. The molecule has 0 amide bonds. The molecule has 0 aliphatic rings. The van der Waals surface area contributed by atoms with Crippen molar-refractivity contribution in [2.45, 2.75) is 39.2 Å². The summed E-state index contributed by atoms with van der Waals surface area (Å²) in [6.45, 7) is 4.60. The minimum absolute atomic E-state index is 0.0387. The molecule has 0 saturated heterocycles. The summed E-state index contributed by atoms with van der Waals surface area (Å²) in [6, 6.07) is 7.24. The molecule has 0 saturated carbocycles. The van der Waals surface area contributed by atoms with Crippen LogP contribution in [-0.4, -0.2) is 18.4 Å². The van der Waals surface area contributed by atoms with Gasteiger partial charge in [-0.1, -0.05) is 25.5 Å². The number of carbonyl (C=O) groups is 1. The summed E-state index contributed by atoms with van der Waals surface area (Å²) in [7, 11) is 0. The standard InChI is InChI=1S/C14H21NO2/c1-3-6-12(15)10-14(16)11-7-5-8-13(9-11)17-4-2/h5,7-9,12H,3-4,6,10,15H2,1-2H3. The molecular formula is C14H21NO2. The molecule has 0 aliphatic heterocycles. The van der Waals surface area contributed by atoms with Gasteiger partial charge in [0.25, 0.3) is 0 Å². The normalized spacial score (nSPS) is 12.2. The topological polar surface area (TPSA) is 52.3 Å². The Bertz CT molecular complexity index is 363. The maximum absolute atomic E-state index is 12.0. The van der Waals surface area contributed by atoms with Crippen LogP contribution in [0.3, 0.4) is 0 Å².